The van der Waals surface area contributed by atoms with Crippen molar-refractivity contribution in [3.8, 4) is 0 Å². The molecule has 0 radical (unpaired) electrons. The van der Waals surface area contributed by atoms with E-state index in [0.29, 0.717) is 23.2 Å². The van der Waals surface area contributed by atoms with E-state index in [1.165, 1.54) is 4.68 Å². The molecule has 8 heteroatoms. The second kappa shape index (κ2) is 5.69. The fraction of sp³-hybridized carbons (Fsp3) is 0.200. The largest absolute Gasteiger partial charge is 0.329 e. The van der Waals surface area contributed by atoms with Crippen LogP contribution in [0.5, 0.6) is 0 Å². The minimum atomic E-state index is -0.329. The number of carbonyl (C=O) groups is 1. The zero-order chi connectivity index (χ0) is 13.0. The molecule has 0 atom stereocenters. The first kappa shape index (κ1) is 12.7. The zero-order valence-corrected chi connectivity index (χ0v) is 11.0. The summed E-state index contributed by atoms with van der Waals surface area (Å²) >= 11 is 3.29. The smallest absolute Gasteiger partial charge is 0.277 e. The third-order valence-electron chi connectivity index (χ3n) is 2.15. The maximum Gasteiger partial charge on any atom is 0.277 e. The van der Waals surface area contributed by atoms with Crippen molar-refractivity contribution in [3.63, 3.8) is 0 Å². The van der Waals surface area contributed by atoms with Crippen LogP contribution in [-0.4, -0.2) is 32.4 Å². The number of halogens is 1. The summed E-state index contributed by atoms with van der Waals surface area (Å²) < 4.78 is 2.23. The van der Waals surface area contributed by atoms with Gasteiger partial charge >= 0.3 is 0 Å². The van der Waals surface area contributed by atoms with E-state index in [-0.39, 0.29) is 11.6 Å². The number of carbonyl (C=O) groups excluding carboxylic acids is 1. The summed E-state index contributed by atoms with van der Waals surface area (Å²) in [6, 6.07) is 1.69. The maximum absolute atomic E-state index is 11.9. The molecule has 0 unspecified atom stereocenters. The summed E-state index contributed by atoms with van der Waals surface area (Å²) in [6.07, 6.45) is 4.74. The van der Waals surface area contributed by atoms with Crippen LogP contribution in [0.15, 0.2) is 29.1 Å². The first-order valence-corrected chi connectivity index (χ1v) is 6.01. The van der Waals surface area contributed by atoms with Crippen LogP contribution in [-0.2, 0) is 6.54 Å². The van der Waals surface area contributed by atoms with Gasteiger partial charge in [0.15, 0.2) is 5.69 Å². The standard InChI is InChI=1S/C10H11BrN6O/c11-7-5-13-3-1-8(7)14-10(18)9-6-17(4-2-12)16-15-9/h1,3,5-6H,2,4,12H2,(H,13,14,18). The first-order chi connectivity index (χ1) is 8.70. The summed E-state index contributed by atoms with van der Waals surface area (Å²) in [7, 11) is 0. The van der Waals surface area contributed by atoms with Crippen molar-refractivity contribution in [2.75, 3.05) is 11.9 Å². The molecule has 0 aliphatic carbocycles. The Labute approximate surface area is 112 Å². The molecule has 0 bridgehead atoms. The Kier molecular flexibility index (Phi) is 4.00. The average Bonchev–Trinajstić information content (AvgIpc) is 2.81. The third-order valence-corrected chi connectivity index (χ3v) is 2.78. The predicted molar refractivity (Wildman–Crippen MR) is 69.0 cm³/mol. The highest BCUT2D eigenvalue weighted by Crippen LogP contribution is 2.20. The van der Waals surface area contributed by atoms with Crippen LogP contribution in [0.2, 0.25) is 0 Å². The fourth-order valence-electron chi connectivity index (χ4n) is 1.31. The summed E-state index contributed by atoms with van der Waals surface area (Å²) in [6.45, 7) is 0.972. The highest BCUT2D eigenvalue weighted by atomic mass is 79.9. The number of nitrogens with zero attached hydrogens (tertiary/aromatic N) is 4. The molecule has 3 N–H and O–H groups in total. The zero-order valence-electron chi connectivity index (χ0n) is 9.38. The van der Waals surface area contributed by atoms with Crippen LogP contribution in [0.3, 0.4) is 0 Å². The first-order valence-electron chi connectivity index (χ1n) is 5.22. The Morgan fingerprint density at radius 2 is 2.39 bits per heavy atom. The van der Waals surface area contributed by atoms with Crippen LogP contribution >= 0.6 is 15.9 Å². The minimum Gasteiger partial charge on any atom is -0.329 e. The number of hydrogen-bond donors (Lipinski definition) is 2. The number of hydrogen-bond acceptors (Lipinski definition) is 5. The molecular formula is C10H11BrN6O. The summed E-state index contributed by atoms with van der Waals surface area (Å²) in [5, 5.41) is 10.3. The molecular weight excluding hydrogens is 300 g/mol. The normalized spacial score (nSPS) is 10.3. The van der Waals surface area contributed by atoms with Crippen molar-refractivity contribution in [2.24, 2.45) is 5.73 Å². The van der Waals surface area contributed by atoms with Crippen LogP contribution in [0.1, 0.15) is 10.5 Å². The number of rotatable bonds is 4. The van der Waals surface area contributed by atoms with E-state index >= 15 is 0 Å². The van der Waals surface area contributed by atoms with Crippen molar-refractivity contribution in [3.05, 3.63) is 34.8 Å². The number of nitrogens with two attached hydrogens (primary N) is 1. The second-order valence-corrected chi connectivity index (χ2v) is 4.32. The highest BCUT2D eigenvalue weighted by molar-refractivity contribution is 9.10. The van der Waals surface area contributed by atoms with Crippen molar-refractivity contribution in [2.45, 2.75) is 6.54 Å². The lowest BCUT2D eigenvalue weighted by Gasteiger charge is -2.03. The molecule has 0 aromatic carbocycles. The van der Waals surface area contributed by atoms with E-state index < -0.39 is 0 Å². The van der Waals surface area contributed by atoms with Gasteiger partial charge in [-0.25, -0.2) is 0 Å². The second-order valence-electron chi connectivity index (χ2n) is 3.47. The van der Waals surface area contributed by atoms with Gasteiger partial charge in [0.25, 0.3) is 5.91 Å². The average molecular weight is 311 g/mol. The summed E-state index contributed by atoms with van der Waals surface area (Å²) in [4.78, 5) is 15.8. The topological polar surface area (TPSA) is 98.7 Å². The molecule has 7 nitrogen and oxygen atoms in total. The van der Waals surface area contributed by atoms with Crippen LogP contribution in [0.25, 0.3) is 0 Å². The lowest BCUT2D eigenvalue weighted by molar-refractivity contribution is 0.102. The molecule has 2 rings (SSSR count). The van der Waals surface area contributed by atoms with Crippen molar-refractivity contribution >= 4 is 27.5 Å². The molecule has 94 valence electrons. The van der Waals surface area contributed by atoms with Gasteiger partial charge in [-0.15, -0.1) is 5.10 Å². The molecule has 2 heterocycles. The van der Waals surface area contributed by atoms with E-state index in [2.05, 4.69) is 36.5 Å². The van der Waals surface area contributed by atoms with Gasteiger partial charge in [-0.2, -0.15) is 0 Å². The fourth-order valence-corrected chi connectivity index (χ4v) is 1.66. The molecule has 0 saturated carbocycles. The number of pyridine rings is 1. The van der Waals surface area contributed by atoms with Gasteiger partial charge in [-0.3, -0.25) is 14.5 Å². The van der Waals surface area contributed by atoms with Crippen molar-refractivity contribution < 1.29 is 4.79 Å². The maximum atomic E-state index is 11.9. The van der Waals surface area contributed by atoms with E-state index in [1.807, 2.05) is 0 Å². The Balaban J connectivity index is 2.10. The Morgan fingerprint density at radius 3 is 3.11 bits per heavy atom. The molecule has 2 aromatic rings. The van der Waals surface area contributed by atoms with Crippen LogP contribution < -0.4 is 11.1 Å². The van der Waals surface area contributed by atoms with Gasteiger partial charge in [0, 0.05) is 18.9 Å². The van der Waals surface area contributed by atoms with Crippen molar-refractivity contribution in [1.82, 2.24) is 20.0 Å². The van der Waals surface area contributed by atoms with Gasteiger partial charge in [0.1, 0.15) is 0 Å². The lowest BCUT2D eigenvalue weighted by atomic mass is 10.3. The molecule has 0 saturated heterocycles. The Hall–Kier alpha value is -1.80. The van der Waals surface area contributed by atoms with Gasteiger partial charge < -0.3 is 11.1 Å². The molecule has 0 aliphatic rings. The van der Waals surface area contributed by atoms with Crippen LogP contribution in [0, 0.1) is 0 Å². The molecule has 0 spiro atoms. The monoisotopic (exact) mass is 310 g/mol. The SMILES string of the molecule is NCCn1cc(C(=O)Nc2ccncc2Br)nn1. The summed E-state index contributed by atoms with van der Waals surface area (Å²) in [5.74, 6) is -0.329. The molecule has 18 heavy (non-hydrogen) atoms. The number of aromatic nitrogens is 4. The van der Waals surface area contributed by atoms with Gasteiger partial charge in [-0.1, -0.05) is 5.21 Å². The Bertz CT molecular complexity index is 555. The molecule has 1 amide bonds. The van der Waals surface area contributed by atoms with E-state index in [4.69, 9.17) is 5.73 Å². The number of nitrogens with one attached hydrogen (secondary N) is 1. The minimum absolute atomic E-state index is 0.243. The van der Waals surface area contributed by atoms with Gasteiger partial charge in [-0.05, 0) is 22.0 Å². The molecule has 0 fully saturated rings. The lowest BCUT2D eigenvalue weighted by Crippen LogP contribution is -2.13. The molecule has 0 aliphatic heterocycles. The van der Waals surface area contributed by atoms with Gasteiger partial charge in [0.2, 0.25) is 0 Å². The highest BCUT2D eigenvalue weighted by Gasteiger charge is 2.12. The van der Waals surface area contributed by atoms with E-state index in [0.717, 1.165) is 0 Å². The predicted octanol–water partition coefficient (Wildman–Crippen LogP) is 0.647. The van der Waals surface area contributed by atoms with Gasteiger partial charge in [0.05, 0.1) is 22.9 Å². The van der Waals surface area contributed by atoms with Crippen LogP contribution in [0.4, 0.5) is 5.69 Å². The van der Waals surface area contributed by atoms with E-state index in [1.54, 1.807) is 24.7 Å². The quantitative estimate of drug-likeness (QED) is 0.863. The van der Waals surface area contributed by atoms with Crippen molar-refractivity contribution in [1.29, 1.82) is 0 Å². The summed E-state index contributed by atoms with van der Waals surface area (Å²) in [5.41, 5.74) is 6.26. The third kappa shape index (κ3) is 2.90. The number of anilines is 1. The van der Waals surface area contributed by atoms with E-state index in [9.17, 15) is 4.79 Å². The number of amides is 1. The molecule has 2 aromatic heterocycles. The Morgan fingerprint density at radius 1 is 1.56 bits per heavy atom.